The molecule has 0 saturated heterocycles. The molecular weight excluding hydrogens is 310 g/mol. The first-order chi connectivity index (χ1) is 11.0. The van der Waals surface area contributed by atoms with Gasteiger partial charge in [-0.1, -0.05) is 48.0 Å². The first-order valence-corrected chi connectivity index (χ1v) is 8.66. The zero-order chi connectivity index (χ0) is 16.4. The Kier molecular flexibility index (Phi) is 4.07. The summed E-state index contributed by atoms with van der Waals surface area (Å²) in [6, 6.07) is 17.7. The van der Waals surface area contributed by atoms with Crippen molar-refractivity contribution < 1.29 is 13.5 Å². The number of hydrogen-bond acceptors (Lipinski definition) is 3. The smallest absolute Gasteiger partial charge is 0.268 e. The first-order valence-electron chi connectivity index (χ1n) is 7.22. The number of hydrogen-bond donors (Lipinski definition) is 1. The van der Waals surface area contributed by atoms with Crippen molar-refractivity contribution in [2.45, 2.75) is 18.4 Å². The molecule has 0 unspecified atom stereocenters. The van der Waals surface area contributed by atoms with Gasteiger partial charge in [0.05, 0.1) is 17.2 Å². The van der Waals surface area contributed by atoms with E-state index < -0.39 is 10.0 Å². The van der Waals surface area contributed by atoms with E-state index in [4.69, 9.17) is 0 Å². The molecule has 0 aliphatic heterocycles. The number of aliphatic hydroxyl groups is 1. The van der Waals surface area contributed by atoms with E-state index in [9.17, 15) is 13.5 Å². The molecule has 1 N–H and O–H groups in total. The Morgan fingerprint density at radius 2 is 1.65 bits per heavy atom. The van der Waals surface area contributed by atoms with E-state index in [0.29, 0.717) is 11.3 Å². The van der Waals surface area contributed by atoms with Crippen molar-refractivity contribution in [3.05, 3.63) is 78.0 Å². The van der Waals surface area contributed by atoms with Crippen molar-refractivity contribution in [1.82, 2.24) is 3.97 Å². The Morgan fingerprint density at radius 1 is 1.00 bits per heavy atom. The normalized spacial score (nSPS) is 11.6. The van der Waals surface area contributed by atoms with Crippen molar-refractivity contribution in [2.75, 3.05) is 0 Å². The maximum absolute atomic E-state index is 12.9. The van der Waals surface area contributed by atoms with Crippen LogP contribution in [-0.2, 0) is 16.6 Å². The highest BCUT2D eigenvalue weighted by Crippen LogP contribution is 2.27. The Balaban J connectivity index is 2.19. The topological polar surface area (TPSA) is 59.3 Å². The van der Waals surface area contributed by atoms with E-state index in [1.54, 1.807) is 30.3 Å². The number of nitrogens with zero attached hydrogens (tertiary/aromatic N) is 1. The molecule has 1 heterocycles. The molecule has 0 atom stereocenters. The fourth-order valence-electron chi connectivity index (χ4n) is 2.43. The highest BCUT2D eigenvalue weighted by molar-refractivity contribution is 7.90. The number of aliphatic hydroxyl groups excluding tert-OH is 1. The molecule has 1 aromatic heterocycles. The summed E-state index contributed by atoms with van der Waals surface area (Å²) in [6.45, 7) is 1.70. The van der Waals surface area contributed by atoms with Crippen molar-refractivity contribution in [1.29, 1.82) is 0 Å². The molecule has 0 saturated carbocycles. The van der Waals surface area contributed by atoms with E-state index in [-0.39, 0.29) is 11.5 Å². The largest absolute Gasteiger partial charge is 0.392 e. The van der Waals surface area contributed by atoms with Gasteiger partial charge in [-0.3, -0.25) is 0 Å². The van der Waals surface area contributed by atoms with Crippen molar-refractivity contribution in [2.24, 2.45) is 0 Å². The monoisotopic (exact) mass is 327 g/mol. The Bertz CT molecular complexity index is 911. The zero-order valence-corrected chi connectivity index (χ0v) is 13.5. The second-order valence-electron chi connectivity index (χ2n) is 5.37. The fourth-order valence-corrected chi connectivity index (χ4v) is 3.82. The Morgan fingerprint density at radius 3 is 2.26 bits per heavy atom. The SMILES string of the molecule is Cc1ccc(S(=O)(=O)n2cc(CO)cc2-c2ccccc2)cc1. The third-order valence-corrected chi connectivity index (χ3v) is 5.36. The van der Waals surface area contributed by atoms with E-state index in [2.05, 4.69) is 0 Å². The molecule has 3 rings (SSSR count). The number of aromatic nitrogens is 1. The third kappa shape index (κ3) is 2.93. The summed E-state index contributed by atoms with van der Waals surface area (Å²) in [5, 5.41) is 9.39. The molecular formula is C18H17NO3S. The van der Waals surface area contributed by atoms with Crippen LogP contribution in [0.15, 0.2) is 71.8 Å². The lowest BCUT2D eigenvalue weighted by atomic mass is 10.1. The lowest BCUT2D eigenvalue weighted by molar-refractivity contribution is 0.282. The highest BCUT2D eigenvalue weighted by Gasteiger charge is 2.21. The molecule has 0 aliphatic rings. The molecule has 3 aromatic rings. The lowest BCUT2D eigenvalue weighted by Gasteiger charge is -2.11. The lowest BCUT2D eigenvalue weighted by Crippen LogP contribution is -2.13. The van der Waals surface area contributed by atoms with Gasteiger partial charge < -0.3 is 5.11 Å². The Labute approximate surface area is 135 Å². The van der Waals surface area contributed by atoms with E-state index in [1.165, 1.54) is 10.2 Å². The van der Waals surface area contributed by atoms with Crippen molar-refractivity contribution >= 4 is 10.0 Å². The van der Waals surface area contributed by atoms with E-state index >= 15 is 0 Å². The summed E-state index contributed by atoms with van der Waals surface area (Å²) in [7, 11) is -3.72. The van der Waals surface area contributed by atoms with Crippen LogP contribution >= 0.6 is 0 Å². The standard InChI is InChI=1S/C18H17NO3S/c1-14-7-9-17(10-8-14)23(21,22)19-12-15(13-20)11-18(19)16-5-3-2-4-6-16/h2-12,20H,13H2,1H3. The van der Waals surface area contributed by atoms with Crippen LogP contribution in [0.3, 0.4) is 0 Å². The van der Waals surface area contributed by atoms with Gasteiger partial charge >= 0.3 is 0 Å². The summed E-state index contributed by atoms with van der Waals surface area (Å²) >= 11 is 0. The van der Waals surface area contributed by atoms with Gasteiger partial charge in [0.1, 0.15) is 0 Å². The number of aryl methyl sites for hydroxylation is 1. The molecule has 0 fully saturated rings. The van der Waals surface area contributed by atoms with Gasteiger partial charge in [-0.25, -0.2) is 12.4 Å². The van der Waals surface area contributed by atoms with Gasteiger partial charge in [0, 0.05) is 6.20 Å². The van der Waals surface area contributed by atoms with Gasteiger partial charge in [-0.15, -0.1) is 0 Å². The predicted molar refractivity (Wildman–Crippen MR) is 89.6 cm³/mol. The molecule has 118 valence electrons. The fraction of sp³-hybridized carbons (Fsp3) is 0.111. The molecule has 0 radical (unpaired) electrons. The molecule has 0 spiro atoms. The van der Waals surface area contributed by atoms with Crippen molar-refractivity contribution in [3.8, 4) is 11.3 Å². The average Bonchev–Trinajstić information content (AvgIpc) is 3.01. The maximum atomic E-state index is 12.9. The summed E-state index contributed by atoms with van der Waals surface area (Å²) in [4.78, 5) is 0.223. The molecule has 2 aromatic carbocycles. The van der Waals surface area contributed by atoms with E-state index in [1.807, 2.05) is 37.3 Å². The van der Waals surface area contributed by atoms with Crippen LogP contribution in [0, 0.1) is 6.92 Å². The van der Waals surface area contributed by atoms with Gasteiger partial charge in [-0.2, -0.15) is 0 Å². The average molecular weight is 327 g/mol. The van der Waals surface area contributed by atoms with Gasteiger partial charge in [0.15, 0.2) is 0 Å². The summed E-state index contributed by atoms with van der Waals surface area (Å²) in [5.41, 5.74) is 2.87. The predicted octanol–water partition coefficient (Wildman–Crippen LogP) is 3.19. The van der Waals surface area contributed by atoms with Crippen LogP contribution in [0.4, 0.5) is 0 Å². The van der Waals surface area contributed by atoms with Crippen LogP contribution in [0.2, 0.25) is 0 Å². The van der Waals surface area contributed by atoms with Gasteiger partial charge in [0.2, 0.25) is 0 Å². The first kappa shape index (κ1) is 15.5. The second-order valence-corrected chi connectivity index (χ2v) is 7.19. The van der Waals surface area contributed by atoms with Crippen molar-refractivity contribution in [3.63, 3.8) is 0 Å². The maximum Gasteiger partial charge on any atom is 0.268 e. The van der Waals surface area contributed by atoms with Gasteiger partial charge in [-0.05, 0) is 36.2 Å². The van der Waals surface area contributed by atoms with Crippen LogP contribution in [-0.4, -0.2) is 17.5 Å². The minimum Gasteiger partial charge on any atom is -0.392 e. The third-order valence-electron chi connectivity index (χ3n) is 3.67. The summed E-state index contributed by atoms with van der Waals surface area (Å²) in [5.74, 6) is 0. The molecule has 0 aliphatic carbocycles. The van der Waals surface area contributed by atoms with Crippen LogP contribution in [0.5, 0.6) is 0 Å². The molecule has 4 nitrogen and oxygen atoms in total. The molecule has 5 heteroatoms. The second kappa shape index (κ2) is 6.02. The van der Waals surface area contributed by atoms with Crippen LogP contribution < -0.4 is 0 Å². The molecule has 0 amide bonds. The molecule has 0 bridgehead atoms. The minimum absolute atomic E-state index is 0.212. The number of benzene rings is 2. The van der Waals surface area contributed by atoms with Gasteiger partial charge in [0.25, 0.3) is 10.0 Å². The molecule has 23 heavy (non-hydrogen) atoms. The number of rotatable bonds is 4. The minimum atomic E-state index is -3.72. The van der Waals surface area contributed by atoms with E-state index in [0.717, 1.165) is 11.1 Å². The Hall–Kier alpha value is -2.37. The highest BCUT2D eigenvalue weighted by atomic mass is 32.2. The zero-order valence-electron chi connectivity index (χ0n) is 12.7. The summed E-state index contributed by atoms with van der Waals surface area (Å²) in [6.07, 6.45) is 1.47. The van der Waals surface area contributed by atoms with Crippen LogP contribution in [0.25, 0.3) is 11.3 Å². The van der Waals surface area contributed by atoms with Crippen LogP contribution in [0.1, 0.15) is 11.1 Å². The summed E-state index contributed by atoms with van der Waals surface area (Å²) < 4.78 is 27.1. The quantitative estimate of drug-likeness (QED) is 0.800.